The molecule has 1 aromatic heterocycles. The van der Waals surface area contributed by atoms with E-state index in [0.29, 0.717) is 12.3 Å². The Morgan fingerprint density at radius 2 is 2.31 bits per heavy atom. The first-order chi connectivity index (χ1) is 7.79. The lowest BCUT2D eigenvalue weighted by Gasteiger charge is -2.31. The third kappa shape index (κ3) is 2.80. The van der Waals surface area contributed by atoms with E-state index in [0.717, 1.165) is 31.6 Å². The monoisotopic (exact) mass is 240 g/mol. The molecule has 1 amide bonds. The second kappa shape index (κ2) is 5.41. The second-order valence-electron chi connectivity index (χ2n) is 4.16. The molecule has 16 heavy (non-hydrogen) atoms. The lowest BCUT2D eigenvalue weighted by Crippen LogP contribution is -2.40. The number of aliphatic hydroxyl groups excluding tert-OH is 1. The number of likely N-dealkylation sites (tertiary alicyclic amines) is 1. The summed E-state index contributed by atoms with van der Waals surface area (Å²) in [7, 11) is 0. The van der Waals surface area contributed by atoms with Crippen LogP contribution in [-0.4, -0.2) is 40.6 Å². The molecule has 1 aliphatic heterocycles. The highest BCUT2D eigenvalue weighted by Gasteiger charge is 2.22. The molecule has 5 heteroatoms. The number of aliphatic hydroxyl groups is 1. The largest absolute Gasteiger partial charge is 0.396 e. The first-order valence-electron chi connectivity index (χ1n) is 5.55. The van der Waals surface area contributed by atoms with Gasteiger partial charge in [0.15, 0.2) is 0 Å². The fraction of sp³-hybridized carbons (Fsp3) is 0.636. The van der Waals surface area contributed by atoms with Gasteiger partial charge in [0.1, 0.15) is 0 Å². The number of carbonyl (C=O) groups excluding carboxylic acids is 1. The van der Waals surface area contributed by atoms with Crippen LogP contribution in [0.15, 0.2) is 10.9 Å². The van der Waals surface area contributed by atoms with Gasteiger partial charge in [0.05, 0.1) is 17.6 Å². The zero-order valence-electron chi connectivity index (χ0n) is 9.13. The Morgan fingerprint density at radius 1 is 1.56 bits per heavy atom. The zero-order chi connectivity index (χ0) is 11.4. The average molecular weight is 240 g/mol. The highest BCUT2D eigenvalue weighted by Crippen LogP contribution is 2.17. The van der Waals surface area contributed by atoms with Crippen molar-refractivity contribution in [2.24, 2.45) is 5.92 Å². The molecular formula is C11H16N2O2S. The van der Waals surface area contributed by atoms with Crippen molar-refractivity contribution in [3.8, 4) is 0 Å². The number of amides is 1. The van der Waals surface area contributed by atoms with E-state index in [2.05, 4.69) is 4.98 Å². The van der Waals surface area contributed by atoms with Crippen LogP contribution in [-0.2, 0) is 11.2 Å². The topological polar surface area (TPSA) is 53.4 Å². The van der Waals surface area contributed by atoms with Gasteiger partial charge in [-0.2, -0.15) is 0 Å². The quantitative estimate of drug-likeness (QED) is 0.854. The van der Waals surface area contributed by atoms with E-state index in [1.165, 1.54) is 11.3 Å². The Kier molecular flexibility index (Phi) is 3.90. The fourth-order valence-electron chi connectivity index (χ4n) is 1.96. The molecule has 0 bridgehead atoms. The molecule has 0 aromatic carbocycles. The number of thiazole rings is 1. The van der Waals surface area contributed by atoms with Crippen molar-refractivity contribution in [2.75, 3.05) is 19.7 Å². The summed E-state index contributed by atoms with van der Waals surface area (Å²) in [5.74, 6) is 0.533. The maximum Gasteiger partial charge on any atom is 0.228 e. The van der Waals surface area contributed by atoms with Crippen LogP contribution in [0.3, 0.4) is 0 Å². The van der Waals surface area contributed by atoms with Crippen LogP contribution in [0.1, 0.15) is 18.5 Å². The van der Waals surface area contributed by atoms with E-state index in [1.54, 1.807) is 5.51 Å². The summed E-state index contributed by atoms with van der Waals surface area (Å²) in [5.41, 5.74) is 2.61. The minimum atomic E-state index is 0.155. The molecule has 1 fully saturated rings. The molecule has 0 saturated carbocycles. The number of carbonyl (C=O) groups is 1. The maximum atomic E-state index is 11.9. The van der Waals surface area contributed by atoms with Gasteiger partial charge in [-0.25, -0.2) is 4.98 Å². The lowest BCUT2D eigenvalue weighted by atomic mass is 9.98. The van der Waals surface area contributed by atoms with Gasteiger partial charge in [0, 0.05) is 25.1 Å². The summed E-state index contributed by atoms with van der Waals surface area (Å²) in [6, 6.07) is 0. The van der Waals surface area contributed by atoms with Crippen molar-refractivity contribution >= 4 is 17.2 Å². The molecule has 0 atom stereocenters. The normalized spacial score (nSPS) is 17.7. The summed E-state index contributed by atoms with van der Waals surface area (Å²) >= 11 is 1.52. The number of piperidine rings is 1. The highest BCUT2D eigenvalue weighted by atomic mass is 32.1. The molecule has 1 aliphatic rings. The summed E-state index contributed by atoms with van der Waals surface area (Å²) in [5, 5.41) is 10.9. The molecule has 0 unspecified atom stereocenters. The molecule has 1 saturated heterocycles. The Hall–Kier alpha value is -0.940. The minimum Gasteiger partial charge on any atom is -0.396 e. The van der Waals surface area contributed by atoms with Gasteiger partial charge in [0.2, 0.25) is 5.91 Å². The third-order valence-electron chi connectivity index (χ3n) is 3.04. The second-order valence-corrected chi connectivity index (χ2v) is 4.88. The Labute approximate surface area is 98.9 Å². The van der Waals surface area contributed by atoms with Gasteiger partial charge in [-0.3, -0.25) is 4.79 Å². The molecular weight excluding hydrogens is 224 g/mol. The van der Waals surface area contributed by atoms with E-state index in [4.69, 9.17) is 5.11 Å². The van der Waals surface area contributed by atoms with Crippen LogP contribution in [0.4, 0.5) is 0 Å². The SMILES string of the molecule is O=C(Cc1cscn1)N1CCC(CO)CC1. The smallest absolute Gasteiger partial charge is 0.228 e. The predicted molar refractivity (Wildman–Crippen MR) is 62.2 cm³/mol. The Bertz CT molecular complexity index is 332. The van der Waals surface area contributed by atoms with Crippen LogP contribution >= 0.6 is 11.3 Å². The zero-order valence-corrected chi connectivity index (χ0v) is 9.95. The van der Waals surface area contributed by atoms with Gasteiger partial charge in [-0.1, -0.05) is 0 Å². The first-order valence-corrected chi connectivity index (χ1v) is 6.49. The number of rotatable bonds is 3. The summed E-state index contributed by atoms with van der Waals surface area (Å²) in [6.07, 6.45) is 2.24. The van der Waals surface area contributed by atoms with E-state index in [1.807, 2.05) is 10.3 Å². The molecule has 4 nitrogen and oxygen atoms in total. The number of aromatic nitrogens is 1. The molecule has 0 aliphatic carbocycles. The van der Waals surface area contributed by atoms with Gasteiger partial charge in [0.25, 0.3) is 0 Å². The first kappa shape index (κ1) is 11.5. The van der Waals surface area contributed by atoms with Crippen molar-refractivity contribution < 1.29 is 9.90 Å². The average Bonchev–Trinajstić information content (AvgIpc) is 2.82. The van der Waals surface area contributed by atoms with E-state index in [9.17, 15) is 4.79 Å². The standard InChI is InChI=1S/C11H16N2O2S/c14-6-9-1-3-13(4-2-9)11(15)5-10-7-16-8-12-10/h7-9,14H,1-6H2. The van der Waals surface area contributed by atoms with Crippen molar-refractivity contribution in [1.29, 1.82) is 0 Å². The summed E-state index contributed by atoms with van der Waals surface area (Å²) < 4.78 is 0. The maximum absolute atomic E-state index is 11.9. The minimum absolute atomic E-state index is 0.155. The van der Waals surface area contributed by atoms with E-state index in [-0.39, 0.29) is 12.5 Å². The number of nitrogens with zero attached hydrogens (tertiary/aromatic N) is 2. The van der Waals surface area contributed by atoms with Crippen molar-refractivity contribution in [3.05, 3.63) is 16.6 Å². The summed E-state index contributed by atoms with van der Waals surface area (Å²) in [6.45, 7) is 1.79. The third-order valence-corrected chi connectivity index (χ3v) is 3.68. The molecule has 88 valence electrons. The van der Waals surface area contributed by atoms with Gasteiger partial charge in [-0.15, -0.1) is 11.3 Å². The van der Waals surface area contributed by atoms with E-state index < -0.39 is 0 Å². The molecule has 0 radical (unpaired) electrons. The Morgan fingerprint density at radius 3 is 2.88 bits per heavy atom. The van der Waals surface area contributed by atoms with Crippen molar-refractivity contribution in [2.45, 2.75) is 19.3 Å². The van der Waals surface area contributed by atoms with Crippen LogP contribution in [0, 0.1) is 5.92 Å². The summed E-state index contributed by atoms with van der Waals surface area (Å²) in [4.78, 5) is 17.9. The molecule has 2 rings (SSSR count). The van der Waals surface area contributed by atoms with Gasteiger partial charge in [-0.05, 0) is 18.8 Å². The molecule has 1 N–H and O–H groups in total. The van der Waals surface area contributed by atoms with E-state index >= 15 is 0 Å². The molecule has 1 aromatic rings. The molecule has 0 spiro atoms. The number of hydrogen-bond donors (Lipinski definition) is 1. The number of hydrogen-bond acceptors (Lipinski definition) is 4. The Balaban J connectivity index is 1.82. The molecule has 2 heterocycles. The highest BCUT2D eigenvalue weighted by molar-refractivity contribution is 7.07. The lowest BCUT2D eigenvalue weighted by molar-refractivity contribution is -0.132. The predicted octanol–water partition coefficient (Wildman–Crippen LogP) is 0.917. The fourth-order valence-corrected chi connectivity index (χ4v) is 2.51. The van der Waals surface area contributed by atoms with Crippen LogP contribution in [0.2, 0.25) is 0 Å². The van der Waals surface area contributed by atoms with Gasteiger partial charge >= 0.3 is 0 Å². The van der Waals surface area contributed by atoms with Crippen LogP contribution in [0.25, 0.3) is 0 Å². The van der Waals surface area contributed by atoms with Gasteiger partial charge < -0.3 is 10.0 Å². The van der Waals surface area contributed by atoms with Crippen LogP contribution < -0.4 is 0 Å². The van der Waals surface area contributed by atoms with Crippen molar-refractivity contribution in [3.63, 3.8) is 0 Å². The van der Waals surface area contributed by atoms with Crippen LogP contribution in [0.5, 0.6) is 0 Å². The van der Waals surface area contributed by atoms with Crippen molar-refractivity contribution in [1.82, 2.24) is 9.88 Å².